The summed E-state index contributed by atoms with van der Waals surface area (Å²) in [6.07, 6.45) is 2.28. The van der Waals surface area contributed by atoms with Gasteiger partial charge in [0.2, 0.25) is 0 Å². The summed E-state index contributed by atoms with van der Waals surface area (Å²) in [6.45, 7) is 3.15. The zero-order valence-electron chi connectivity index (χ0n) is 22.8. The van der Waals surface area contributed by atoms with E-state index in [1.807, 2.05) is 18.2 Å². The normalized spacial score (nSPS) is 20.0. The number of Topliss-reactive ketones (excluding diaryl/α,β-unsaturated/α-hetero) is 2. The molecule has 0 radical (unpaired) electrons. The van der Waals surface area contributed by atoms with Crippen molar-refractivity contribution in [2.75, 3.05) is 13.1 Å². The molecule has 0 aromatic heterocycles. The Hall–Kier alpha value is -3.91. The van der Waals surface area contributed by atoms with Gasteiger partial charge in [0.05, 0.1) is 19.0 Å². The maximum atomic E-state index is 14.2. The van der Waals surface area contributed by atoms with Crippen LogP contribution in [0, 0.1) is 11.6 Å². The minimum Gasteiger partial charge on any atom is -0.489 e. The third-order valence-electron chi connectivity index (χ3n) is 8.58. The Morgan fingerprint density at radius 3 is 2.37 bits per heavy atom. The van der Waals surface area contributed by atoms with E-state index in [2.05, 4.69) is 17.0 Å². The van der Waals surface area contributed by atoms with Gasteiger partial charge in [-0.05, 0) is 73.2 Å². The standard InChI is InChI=1S/C33H32F2N2O4/c34-24-8-10-26(29(35)16-24)23-12-14-36(15-13-23)18-21-4-6-22(7-5-21)20-41-32-3-1-2-27-28(32)19-37(33(27)40)30-11-9-25(38)17-31(30)39/h1-8,10,16,23,30H,9,11-15,17-20H2/t30-/m0/s1. The van der Waals surface area contributed by atoms with Crippen molar-refractivity contribution >= 4 is 17.5 Å². The first kappa shape index (κ1) is 27.3. The summed E-state index contributed by atoms with van der Waals surface area (Å²) < 4.78 is 33.6. The van der Waals surface area contributed by atoms with Crippen LogP contribution in [0.3, 0.4) is 0 Å². The van der Waals surface area contributed by atoms with Gasteiger partial charge in [-0.2, -0.15) is 0 Å². The molecular formula is C33H32F2N2O4. The molecular weight excluding hydrogens is 526 g/mol. The van der Waals surface area contributed by atoms with E-state index < -0.39 is 17.7 Å². The summed E-state index contributed by atoms with van der Waals surface area (Å²) >= 11 is 0. The minimum absolute atomic E-state index is 0.0615. The Kier molecular flexibility index (Phi) is 7.67. The van der Waals surface area contributed by atoms with Crippen molar-refractivity contribution in [3.05, 3.63) is 100 Å². The molecule has 1 saturated carbocycles. The van der Waals surface area contributed by atoms with E-state index in [4.69, 9.17) is 4.74 Å². The van der Waals surface area contributed by atoms with Crippen LogP contribution >= 0.6 is 0 Å². The van der Waals surface area contributed by atoms with Gasteiger partial charge < -0.3 is 9.64 Å². The molecule has 1 saturated heterocycles. The highest BCUT2D eigenvalue weighted by Gasteiger charge is 2.40. The zero-order valence-corrected chi connectivity index (χ0v) is 22.8. The summed E-state index contributed by atoms with van der Waals surface area (Å²) in [6, 6.07) is 17.0. The van der Waals surface area contributed by atoms with Crippen molar-refractivity contribution in [3.63, 3.8) is 0 Å². The van der Waals surface area contributed by atoms with E-state index >= 15 is 0 Å². The number of ether oxygens (including phenoxy) is 1. The van der Waals surface area contributed by atoms with Crippen LogP contribution in [0.25, 0.3) is 0 Å². The Balaban J connectivity index is 1.03. The second-order valence-electron chi connectivity index (χ2n) is 11.3. The highest BCUT2D eigenvalue weighted by Crippen LogP contribution is 2.35. The molecule has 6 nitrogen and oxygen atoms in total. The smallest absolute Gasteiger partial charge is 0.255 e. The molecule has 212 valence electrons. The van der Waals surface area contributed by atoms with Gasteiger partial charge >= 0.3 is 0 Å². The summed E-state index contributed by atoms with van der Waals surface area (Å²) in [5.41, 5.74) is 4.11. The predicted octanol–water partition coefficient (Wildman–Crippen LogP) is 5.57. The number of hydrogen-bond donors (Lipinski definition) is 0. The fourth-order valence-electron chi connectivity index (χ4n) is 6.30. The Morgan fingerprint density at radius 2 is 1.63 bits per heavy atom. The SMILES string of the molecule is O=C1CC[C@H](N2Cc3c(OCc4ccc(CN5CCC(c6ccc(F)cc6F)CC5)cc4)cccc3C2=O)C(=O)C1. The molecule has 3 aliphatic rings. The quantitative estimate of drug-likeness (QED) is 0.355. The number of rotatable bonds is 7. The number of likely N-dealkylation sites (tertiary alicyclic amines) is 1. The van der Waals surface area contributed by atoms with Crippen molar-refractivity contribution < 1.29 is 27.9 Å². The van der Waals surface area contributed by atoms with Gasteiger partial charge in [0, 0.05) is 30.2 Å². The molecule has 0 unspecified atom stereocenters. The average Bonchev–Trinajstić information content (AvgIpc) is 3.30. The van der Waals surface area contributed by atoms with Crippen LogP contribution in [0.2, 0.25) is 0 Å². The van der Waals surface area contributed by atoms with Crippen LogP contribution in [0.5, 0.6) is 5.75 Å². The van der Waals surface area contributed by atoms with E-state index in [0.717, 1.165) is 49.7 Å². The van der Waals surface area contributed by atoms with E-state index in [9.17, 15) is 23.2 Å². The Morgan fingerprint density at radius 1 is 0.878 bits per heavy atom. The van der Waals surface area contributed by atoms with E-state index in [-0.39, 0.29) is 29.8 Å². The third kappa shape index (κ3) is 5.79. The largest absolute Gasteiger partial charge is 0.489 e. The predicted molar refractivity (Wildman–Crippen MR) is 148 cm³/mol. The molecule has 3 aromatic rings. The van der Waals surface area contributed by atoms with Gasteiger partial charge in [-0.1, -0.05) is 36.4 Å². The molecule has 2 fully saturated rings. The molecule has 3 aromatic carbocycles. The molecule has 2 aliphatic heterocycles. The molecule has 1 amide bonds. The van der Waals surface area contributed by atoms with Crippen LogP contribution in [0.15, 0.2) is 60.7 Å². The van der Waals surface area contributed by atoms with Gasteiger partial charge in [0.25, 0.3) is 5.91 Å². The lowest BCUT2D eigenvalue weighted by molar-refractivity contribution is -0.133. The topological polar surface area (TPSA) is 66.9 Å². The number of amides is 1. The Labute approximate surface area is 237 Å². The van der Waals surface area contributed by atoms with Gasteiger partial charge in [-0.25, -0.2) is 8.78 Å². The monoisotopic (exact) mass is 558 g/mol. The molecule has 0 N–H and O–H groups in total. The van der Waals surface area contributed by atoms with E-state index in [0.29, 0.717) is 42.9 Å². The summed E-state index contributed by atoms with van der Waals surface area (Å²) in [5.74, 6) is -0.691. The van der Waals surface area contributed by atoms with Crippen LogP contribution < -0.4 is 4.74 Å². The fraction of sp³-hybridized carbons (Fsp3) is 0.364. The van der Waals surface area contributed by atoms with E-state index in [1.165, 1.54) is 11.6 Å². The molecule has 6 rings (SSSR count). The van der Waals surface area contributed by atoms with Crippen molar-refractivity contribution in [1.82, 2.24) is 9.80 Å². The number of carbonyl (C=O) groups excluding carboxylic acids is 3. The molecule has 41 heavy (non-hydrogen) atoms. The number of piperidine rings is 1. The van der Waals surface area contributed by atoms with E-state index in [1.54, 1.807) is 23.1 Å². The van der Waals surface area contributed by atoms with Gasteiger partial charge in [-0.15, -0.1) is 0 Å². The van der Waals surface area contributed by atoms with Crippen LogP contribution in [0.4, 0.5) is 8.78 Å². The lowest BCUT2D eigenvalue weighted by atomic mass is 9.89. The highest BCUT2D eigenvalue weighted by atomic mass is 19.1. The third-order valence-corrected chi connectivity index (χ3v) is 8.58. The lowest BCUT2D eigenvalue weighted by Crippen LogP contribution is -2.44. The average molecular weight is 559 g/mol. The van der Waals surface area contributed by atoms with Gasteiger partial charge in [0.15, 0.2) is 5.78 Å². The first-order valence-electron chi connectivity index (χ1n) is 14.2. The maximum absolute atomic E-state index is 14.2. The lowest BCUT2D eigenvalue weighted by Gasteiger charge is -2.32. The molecule has 8 heteroatoms. The molecule has 1 aliphatic carbocycles. The van der Waals surface area contributed by atoms with Crippen molar-refractivity contribution in [2.24, 2.45) is 0 Å². The highest BCUT2D eigenvalue weighted by molar-refractivity contribution is 6.07. The van der Waals surface area contributed by atoms with Crippen LogP contribution in [-0.2, 0) is 29.3 Å². The number of hydrogen-bond acceptors (Lipinski definition) is 5. The summed E-state index contributed by atoms with van der Waals surface area (Å²) in [7, 11) is 0. The number of halogens is 2. The second kappa shape index (κ2) is 11.5. The first-order chi connectivity index (χ1) is 19.9. The summed E-state index contributed by atoms with van der Waals surface area (Å²) in [5, 5.41) is 0. The van der Waals surface area contributed by atoms with Crippen LogP contribution in [0.1, 0.15) is 70.6 Å². The number of carbonyl (C=O) groups is 3. The molecule has 0 spiro atoms. The summed E-state index contributed by atoms with van der Waals surface area (Å²) in [4.78, 5) is 41.1. The molecule has 1 atom stereocenters. The Bertz CT molecular complexity index is 1480. The second-order valence-corrected chi connectivity index (χ2v) is 11.3. The number of nitrogens with zero attached hydrogens (tertiary/aromatic N) is 2. The first-order valence-corrected chi connectivity index (χ1v) is 14.2. The van der Waals surface area contributed by atoms with Gasteiger partial charge in [-0.3, -0.25) is 19.3 Å². The van der Waals surface area contributed by atoms with Crippen molar-refractivity contribution in [3.8, 4) is 5.75 Å². The molecule has 2 heterocycles. The van der Waals surface area contributed by atoms with Crippen molar-refractivity contribution in [1.29, 1.82) is 0 Å². The maximum Gasteiger partial charge on any atom is 0.255 e. The zero-order chi connectivity index (χ0) is 28.5. The van der Waals surface area contributed by atoms with Crippen LogP contribution in [-0.4, -0.2) is 46.4 Å². The number of benzene rings is 3. The number of fused-ring (bicyclic) bond motifs is 1. The number of ketones is 2. The fourth-order valence-corrected chi connectivity index (χ4v) is 6.30. The van der Waals surface area contributed by atoms with Crippen molar-refractivity contribution in [2.45, 2.75) is 63.8 Å². The van der Waals surface area contributed by atoms with Gasteiger partial charge in [0.1, 0.15) is 29.8 Å². The molecule has 0 bridgehead atoms. The minimum atomic E-state index is -0.553.